The average molecular weight is 319 g/mol. The van der Waals surface area contributed by atoms with Crippen molar-refractivity contribution in [1.29, 1.82) is 0 Å². The van der Waals surface area contributed by atoms with Crippen LogP contribution in [0.1, 0.15) is 18.4 Å². The van der Waals surface area contributed by atoms with Gasteiger partial charge in [0.1, 0.15) is 5.75 Å². The van der Waals surface area contributed by atoms with Gasteiger partial charge in [0, 0.05) is 13.6 Å². The van der Waals surface area contributed by atoms with E-state index in [-0.39, 0.29) is 22.7 Å². The van der Waals surface area contributed by atoms with Crippen LogP contribution in [0, 0.1) is 0 Å². The summed E-state index contributed by atoms with van der Waals surface area (Å²) >= 11 is 5.93. The minimum atomic E-state index is -2.90. The van der Waals surface area contributed by atoms with E-state index in [9.17, 15) is 13.6 Å². The first-order chi connectivity index (χ1) is 10.0. The van der Waals surface area contributed by atoms with E-state index in [1.807, 2.05) is 0 Å². The Bertz CT molecular complexity index is 514. The van der Waals surface area contributed by atoms with Gasteiger partial charge in [-0.15, -0.1) is 0 Å². The zero-order chi connectivity index (χ0) is 15.4. The third-order valence-corrected chi connectivity index (χ3v) is 3.81. The van der Waals surface area contributed by atoms with Crippen LogP contribution in [0.25, 0.3) is 0 Å². The molecule has 0 radical (unpaired) electrons. The molecule has 0 saturated carbocycles. The molecule has 1 aromatic carbocycles. The second-order valence-corrected chi connectivity index (χ2v) is 5.29. The fourth-order valence-corrected chi connectivity index (χ4v) is 2.80. The first-order valence-electron chi connectivity index (χ1n) is 6.70. The zero-order valence-corrected chi connectivity index (χ0v) is 12.4. The molecule has 116 valence electrons. The van der Waals surface area contributed by atoms with Crippen molar-refractivity contribution in [3.05, 3.63) is 28.8 Å². The highest BCUT2D eigenvalue weighted by atomic mass is 35.5. The number of alkyl halides is 2. The molecule has 4 nitrogen and oxygen atoms in total. The first kappa shape index (κ1) is 16.0. The van der Waals surface area contributed by atoms with E-state index in [0.29, 0.717) is 6.54 Å². The van der Waals surface area contributed by atoms with E-state index >= 15 is 0 Å². The second-order valence-electron chi connectivity index (χ2n) is 4.89. The van der Waals surface area contributed by atoms with E-state index in [0.717, 1.165) is 24.9 Å². The van der Waals surface area contributed by atoms with Crippen LogP contribution in [0.2, 0.25) is 5.02 Å². The van der Waals surface area contributed by atoms with Crippen molar-refractivity contribution >= 4 is 17.5 Å². The summed E-state index contributed by atoms with van der Waals surface area (Å²) in [5.74, 6) is -0.0454. The maximum atomic E-state index is 12.2. The van der Waals surface area contributed by atoms with Gasteiger partial charge in [-0.2, -0.15) is 8.78 Å². The molecule has 1 atom stereocenters. The third kappa shape index (κ3) is 4.04. The summed E-state index contributed by atoms with van der Waals surface area (Å²) in [4.78, 5) is 13.8. The summed E-state index contributed by atoms with van der Waals surface area (Å²) in [5.41, 5.74) is 0.859. The number of likely N-dealkylation sites (tertiary alicyclic amines) is 1. The van der Waals surface area contributed by atoms with E-state index in [1.54, 1.807) is 19.2 Å². The van der Waals surface area contributed by atoms with Crippen molar-refractivity contribution in [2.75, 3.05) is 13.6 Å². The Balaban J connectivity index is 2.06. The van der Waals surface area contributed by atoms with E-state index in [4.69, 9.17) is 11.6 Å². The quantitative estimate of drug-likeness (QED) is 0.907. The molecule has 0 spiro atoms. The maximum absolute atomic E-state index is 12.2. The van der Waals surface area contributed by atoms with E-state index in [1.165, 1.54) is 6.07 Å². The van der Waals surface area contributed by atoms with Crippen molar-refractivity contribution < 1.29 is 18.3 Å². The molecule has 1 fully saturated rings. The lowest BCUT2D eigenvalue weighted by Crippen LogP contribution is -2.41. The Labute approximate surface area is 127 Å². The fraction of sp³-hybridized carbons (Fsp3) is 0.500. The predicted molar refractivity (Wildman–Crippen MR) is 75.6 cm³/mol. The van der Waals surface area contributed by atoms with Crippen molar-refractivity contribution in [2.24, 2.45) is 0 Å². The van der Waals surface area contributed by atoms with Crippen molar-refractivity contribution in [2.45, 2.75) is 32.0 Å². The van der Waals surface area contributed by atoms with Gasteiger partial charge < -0.3 is 10.1 Å². The lowest BCUT2D eigenvalue weighted by molar-refractivity contribution is -0.125. The third-order valence-electron chi connectivity index (χ3n) is 3.51. The summed E-state index contributed by atoms with van der Waals surface area (Å²) in [7, 11) is 1.62. The highest BCUT2D eigenvalue weighted by Gasteiger charge is 2.29. The summed E-state index contributed by atoms with van der Waals surface area (Å²) in [6, 6.07) is 4.56. The zero-order valence-electron chi connectivity index (χ0n) is 11.6. The molecule has 0 unspecified atom stereocenters. The topological polar surface area (TPSA) is 41.6 Å². The van der Waals surface area contributed by atoms with Crippen LogP contribution >= 0.6 is 11.6 Å². The van der Waals surface area contributed by atoms with Crippen molar-refractivity contribution in [1.82, 2.24) is 10.2 Å². The molecule has 7 heteroatoms. The van der Waals surface area contributed by atoms with Crippen LogP contribution in [0.15, 0.2) is 18.2 Å². The molecule has 2 rings (SSSR count). The number of halogens is 3. The Kier molecular flexibility index (Phi) is 5.36. The monoisotopic (exact) mass is 318 g/mol. The Morgan fingerprint density at radius 3 is 2.95 bits per heavy atom. The van der Waals surface area contributed by atoms with E-state index in [2.05, 4.69) is 15.0 Å². The van der Waals surface area contributed by atoms with Gasteiger partial charge in [0.15, 0.2) is 0 Å². The molecule has 1 aliphatic heterocycles. The van der Waals surface area contributed by atoms with Crippen molar-refractivity contribution in [3.63, 3.8) is 0 Å². The maximum Gasteiger partial charge on any atom is 0.387 e. The number of carbonyl (C=O) groups excluding carboxylic acids is 1. The number of carbonyl (C=O) groups is 1. The van der Waals surface area contributed by atoms with Gasteiger partial charge in [-0.25, -0.2) is 0 Å². The molecule has 0 bridgehead atoms. The van der Waals surface area contributed by atoms with Gasteiger partial charge in [-0.1, -0.05) is 17.7 Å². The van der Waals surface area contributed by atoms with Crippen LogP contribution in [0.5, 0.6) is 5.75 Å². The largest absolute Gasteiger partial charge is 0.433 e. The Hall–Kier alpha value is -1.40. The number of benzene rings is 1. The number of nitrogens with zero attached hydrogens (tertiary/aromatic N) is 1. The van der Waals surface area contributed by atoms with Crippen molar-refractivity contribution in [3.8, 4) is 5.75 Å². The van der Waals surface area contributed by atoms with Gasteiger partial charge in [0.25, 0.3) is 0 Å². The number of ether oxygens (including phenoxy) is 1. The number of amides is 1. The molecule has 1 aromatic rings. The standard InChI is InChI=1S/C14H17ClF2N2O2/c1-18-13(20)11-3-2-6-19(11)8-9-4-5-12(10(15)7-9)21-14(16)17/h4-5,7,11,14H,2-3,6,8H2,1H3,(H,18,20)/t11-/m0/s1. The summed E-state index contributed by atoms with van der Waals surface area (Å²) in [6.45, 7) is -1.53. The van der Waals surface area contributed by atoms with Gasteiger partial charge in [0.05, 0.1) is 11.1 Å². The second kappa shape index (κ2) is 7.04. The fourth-order valence-electron chi connectivity index (χ4n) is 2.55. The lowest BCUT2D eigenvalue weighted by atomic mass is 10.1. The smallest absolute Gasteiger partial charge is 0.387 e. The molecule has 1 N–H and O–H groups in total. The summed E-state index contributed by atoms with van der Waals surface area (Å²) < 4.78 is 28.7. The number of likely N-dealkylation sites (N-methyl/N-ethyl adjacent to an activating group) is 1. The minimum Gasteiger partial charge on any atom is -0.433 e. The SMILES string of the molecule is CNC(=O)[C@@H]1CCCN1Cc1ccc(OC(F)F)c(Cl)c1. The van der Waals surface area contributed by atoms with Crippen LogP contribution in [-0.2, 0) is 11.3 Å². The Morgan fingerprint density at radius 1 is 1.57 bits per heavy atom. The number of rotatable bonds is 5. The molecule has 1 saturated heterocycles. The number of hydrogen-bond acceptors (Lipinski definition) is 3. The predicted octanol–water partition coefficient (Wildman–Crippen LogP) is 2.65. The normalized spacial score (nSPS) is 19.0. The molecule has 1 amide bonds. The van der Waals surface area contributed by atoms with Crippen LogP contribution in [0.4, 0.5) is 8.78 Å². The van der Waals surface area contributed by atoms with Gasteiger partial charge in [0.2, 0.25) is 5.91 Å². The highest BCUT2D eigenvalue weighted by Crippen LogP contribution is 2.28. The molecule has 0 aliphatic carbocycles. The first-order valence-corrected chi connectivity index (χ1v) is 7.08. The molecular weight excluding hydrogens is 302 g/mol. The van der Waals surface area contributed by atoms with Gasteiger partial charge in [-0.3, -0.25) is 9.69 Å². The number of hydrogen-bond donors (Lipinski definition) is 1. The van der Waals surface area contributed by atoms with Crippen LogP contribution < -0.4 is 10.1 Å². The van der Waals surface area contributed by atoms with Crippen LogP contribution in [0.3, 0.4) is 0 Å². The molecule has 21 heavy (non-hydrogen) atoms. The lowest BCUT2D eigenvalue weighted by Gasteiger charge is -2.23. The summed E-state index contributed by atoms with van der Waals surface area (Å²) in [5, 5.41) is 2.80. The Morgan fingerprint density at radius 2 is 2.33 bits per heavy atom. The van der Waals surface area contributed by atoms with Crippen LogP contribution in [-0.4, -0.2) is 37.1 Å². The minimum absolute atomic E-state index is 0.00347. The molecule has 1 aliphatic rings. The molecular formula is C14H17ClF2N2O2. The van der Waals surface area contributed by atoms with E-state index < -0.39 is 6.61 Å². The average Bonchev–Trinajstić information content (AvgIpc) is 2.89. The molecule has 0 aromatic heterocycles. The highest BCUT2D eigenvalue weighted by molar-refractivity contribution is 6.32. The van der Waals surface area contributed by atoms with Gasteiger partial charge in [-0.05, 0) is 37.1 Å². The molecule has 1 heterocycles. The van der Waals surface area contributed by atoms with Gasteiger partial charge >= 0.3 is 6.61 Å². The summed E-state index contributed by atoms with van der Waals surface area (Å²) in [6.07, 6.45) is 1.78. The number of nitrogens with one attached hydrogen (secondary N) is 1.